The van der Waals surface area contributed by atoms with Crippen LogP contribution in [0, 0.1) is 33.6 Å². The van der Waals surface area contributed by atoms with Crippen molar-refractivity contribution in [2.45, 2.75) is 47.1 Å². The van der Waals surface area contributed by atoms with Crippen molar-refractivity contribution in [3.63, 3.8) is 0 Å². The van der Waals surface area contributed by atoms with E-state index < -0.39 is 0 Å². The smallest absolute Gasteiger partial charge is 0.0326 e. The van der Waals surface area contributed by atoms with E-state index in [9.17, 15) is 0 Å². The summed E-state index contributed by atoms with van der Waals surface area (Å²) in [6.45, 7) is 11.6. The molecule has 2 atom stereocenters. The molecule has 0 radical (unpaired) electrons. The van der Waals surface area contributed by atoms with Crippen LogP contribution in [-0.4, -0.2) is 6.54 Å². The molecule has 1 rings (SSSR count). The third kappa shape index (κ3) is 2.88. The van der Waals surface area contributed by atoms with E-state index in [1.54, 1.807) is 0 Å². The van der Waals surface area contributed by atoms with Crippen LogP contribution in [0.15, 0.2) is 6.07 Å². The van der Waals surface area contributed by atoms with Gasteiger partial charge < -0.3 is 11.5 Å². The fourth-order valence-corrected chi connectivity index (χ4v) is 2.47. The van der Waals surface area contributed by atoms with Gasteiger partial charge in [-0.05, 0) is 74.4 Å². The first-order valence-corrected chi connectivity index (χ1v) is 6.43. The molecule has 1 aromatic carbocycles. The summed E-state index contributed by atoms with van der Waals surface area (Å²) < 4.78 is 0. The van der Waals surface area contributed by atoms with Crippen molar-refractivity contribution in [2.75, 3.05) is 6.54 Å². The fourth-order valence-electron chi connectivity index (χ4n) is 2.47. The van der Waals surface area contributed by atoms with Crippen molar-refractivity contribution in [1.82, 2.24) is 0 Å². The topological polar surface area (TPSA) is 52.0 Å². The highest BCUT2D eigenvalue weighted by Crippen LogP contribution is 2.30. The molecular weight excluding hydrogens is 208 g/mol. The maximum absolute atomic E-state index is 6.41. The molecule has 0 aliphatic rings. The van der Waals surface area contributed by atoms with E-state index in [0.717, 1.165) is 6.42 Å². The molecule has 1 aromatic rings. The van der Waals surface area contributed by atoms with E-state index in [1.165, 1.54) is 27.8 Å². The van der Waals surface area contributed by atoms with Crippen LogP contribution in [0.3, 0.4) is 0 Å². The Labute approximate surface area is 105 Å². The van der Waals surface area contributed by atoms with E-state index in [4.69, 9.17) is 11.5 Å². The molecule has 2 heteroatoms. The molecule has 17 heavy (non-hydrogen) atoms. The van der Waals surface area contributed by atoms with Crippen LogP contribution < -0.4 is 11.5 Å². The number of aryl methyl sites for hydroxylation is 2. The second-order valence-electron chi connectivity index (χ2n) is 5.25. The molecule has 2 nitrogen and oxygen atoms in total. The summed E-state index contributed by atoms with van der Waals surface area (Å²) in [5.41, 5.74) is 18.7. The van der Waals surface area contributed by atoms with Gasteiger partial charge in [0.15, 0.2) is 0 Å². The highest BCUT2D eigenvalue weighted by atomic mass is 14.7. The summed E-state index contributed by atoms with van der Waals surface area (Å²) in [6.07, 6.45) is 0.979. The molecule has 0 amide bonds. The zero-order chi connectivity index (χ0) is 13.2. The van der Waals surface area contributed by atoms with Gasteiger partial charge in [0, 0.05) is 6.04 Å². The fraction of sp³-hybridized carbons (Fsp3) is 0.600. The van der Waals surface area contributed by atoms with Gasteiger partial charge in [-0.15, -0.1) is 0 Å². The summed E-state index contributed by atoms with van der Waals surface area (Å²) >= 11 is 0. The first-order valence-electron chi connectivity index (χ1n) is 6.43. The second-order valence-corrected chi connectivity index (χ2v) is 5.25. The summed E-state index contributed by atoms with van der Waals surface area (Å²) in [5, 5.41) is 0. The summed E-state index contributed by atoms with van der Waals surface area (Å²) in [6, 6.07) is 2.34. The van der Waals surface area contributed by atoms with E-state index in [-0.39, 0.29) is 6.04 Å². The van der Waals surface area contributed by atoms with Gasteiger partial charge in [-0.3, -0.25) is 0 Å². The lowest BCUT2D eigenvalue weighted by Gasteiger charge is -2.25. The number of rotatable bonds is 4. The van der Waals surface area contributed by atoms with Crippen LogP contribution in [-0.2, 0) is 0 Å². The van der Waals surface area contributed by atoms with E-state index >= 15 is 0 Å². The highest BCUT2D eigenvalue weighted by Gasteiger charge is 2.20. The Hall–Kier alpha value is -0.860. The van der Waals surface area contributed by atoms with Crippen molar-refractivity contribution in [2.24, 2.45) is 17.4 Å². The molecule has 0 fully saturated rings. The van der Waals surface area contributed by atoms with Crippen LogP contribution in [0.1, 0.15) is 47.2 Å². The Morgan fingerprint density at radius 2 is 1.53 bits per heavy atom. The second kappa shape index (κ2) is 5.65. The first kappa shape index (κ1) is 14.2. The normalized spacial score (nSPS) is 14.8. The highest BCUT2D eigenvalue weighted by molar-refractivity contribution is 5.45. The quantitative estimate of drug-likeness (QED) is 0.841. The molecule has 4 N–H and O–H groups in total. The molecule has 0 spiro atoms. The lowest BCUT2D eigenvalue weighted by atomic mass is 9.84. The molecule has 2 unspecified atom stereocenters. The molecule has 0 aliphatic carbocycles. The predicted octanol–water partition coefficient (Wildman–Crippen LogP) is 2.90. The Kier molecular flexibility index (Phi) is 4.72. The number of nitrogens with two attached hydrogens (primary N) is 2. The van der Waals surface area contributed by atoms with Gasteiger partial charge in [0.05, 0.1) is 0 Å². The van der Waals surface area contributed by atoms with E-state index in [0.29, 0.717) is 12.5 Å². The van der Waals surface area contributed by atoms with Crippen LogP contribution in [0.5, 0.6) is 0 Å². The van der Waals surface area contributed by atoms with E-state index in [1.807, 2.05) is 0 Å². The lowest BCUT2D eigenvalue weighted by Crippen LogP contribution is -2.24. The summed E-state index contributed by atoms with van der Waals surface area (Å²) in [4.78, 5) is 0. The van der Waals surface area contributed by atoms with Gasteiger partial charge >= 0.3 is 0 Å². The Balaban J connectivity index is 3.20. The van der Waals surface area contributed by atoms with Crippen molar-refractivity contribution >= 4 is 0 Å². The number of hydrogen-bond donors (Lipinski definition) is 2. The zero-order valence-electron chi connectivity index (χ0n) is 11.8. The molecule has 96 valence electrons. The molecule has 0 aliphatic heterocycles. The Bertz CT molecular complexity index is 370. The standard InChI is InChI=1S/C15H26N2/c1-9(6-7-16)15(17)14-12(4)10(2)8-11(3)13(14)5/h8-9,15H,6-7,16-17H2,1-5H3. The Morgan fingerprint density at radius 3 is 1.94 bits per heavy atom. The van der Waals surface area contributed by atoms with Crippen LogP contribution in [0.25, 0.3) is 0 Å². The van der Waals surface area contributed by atoms with Crippen LogP contribution >= 0.6 is 0 Å². The minimum absolute atomic E-state index is 0.0946. The van der Waals surface area contributed by atoms with Gasteiger partial charge in [0.1, 0.15) is 0 Å². The zero-order valence-corrected chi connectivity index (χ0v) is 11.8. The first-order chi connectivity index (χ1) is 7.90. The van der Waals surface area contributed by atoms with E-state index in [2.05, 4.69) is 40.7 Å². The van der Waals surface area contributed by atoms with Crippen LogP contribution in [0.2, 0.25) is 0 Å². The lowest BCUT2D eigenvalue weighted by molar-refractivity contribution is 0.441. The minimum atomic E-state index is 0.0946. The van der Waals surface area contributed by atoms with Crippen molar-refractivity contribution < 1.29 is 0 Å². The SMILES string of the molecule is Cc1cc(C)c(C)c(C(N)C(C)CCN)c1C. The minimum Gasteiger partial charge on any atom is -0.330 e. The average molecular weight is 234 g/mol. The molecular formula is C15H26N2. The van der Waals surface area contributed by atoms with Crippen molar-refractivity contribution in [1.29, 1.82) is 0 Å². The van der Waals surface area contributed by atoms with Gasteiger partial charge in [-0.2, -0.15) is 0 Å². The molecule has 0 saturated carbocycles. The molecule has 0 aromatic heterocycles. The molecule has 0 saturated heterocycles. The maximum Gasteiger partial charge on any atom is 0.0326 e. The number of benzene rings is 1. The monoisotopic (exact) mass is 234 g/mol. The van der Waals surface area contributed by atoms with Gasteiger partial charge in [0.25, 0.3) is 0 Å². The van der Waals surface area contributed by atoms with Crippen molar-refractivity contribution in [3.05, 3.63) is 33.9 Å². The largest absolute Gasteiger partial charge is 0.330 e. The van der Waals surface area contributed by atoms with Crippen molar-refractivity contribution in [3.8, 4) is 0 Å². The van der Waals surface area contributed by atoms with Crippen LogP contribution in [0.4, 0.5) is 0 Å². The Morgan fingerprint density at radius 1 is 1.06 bits per heavy atom. The maximum atomic E-state index is 6.41. The van der Waals surface area contributed by atoms with Gasteiger partial charge in [-0.25, -0.2) is 0 Å². The van der Waals surface area contributed by atoms with Gasteiger partial charge in [0.2, 0.25) is 0 Å². The molecule has 0 heterocycles. The van der Waals surface area contributed by atoms with Gasteiger partial charge in [-0.1, -0.05) is 13.0 Å². The number of hydrogen-bond acceptors (Lipinski definition) is 2. The third-order valence-corrected chi connectivity index (χ3v) is 3.99. The summed E-state index contributed by atoms with van der Waals surface area (Å²) in [7, 11) is 0. The predicted molar refractivity (Wildman–Crippen MR) is 75.2 cm³/mol. The molecule has 0 bridgehead atoms. The average Bonchev–Trinajstić information content (AvgIpc) is 2.27. The third-order valence-electron chi connectivity index (χ3n) is 3.99. The summed E-state index contributed by atoms with van der Waals surface area (Å²) in [5.74, 6) is 0.429.